The van der Waals surface area contributed by atoms with Crippen LogP contribution in [0.2, 0.25) is 0 Å². The van der Waals surface area contributed by atoms with E-state index in [0.717, 1.165) is 13.0 Å². The van der Waals surface area contributed by atoms with E-state index in [1.807, 2.05) is 10.8 Å². The van der Waals surface area contributed by atoms with Crippen molar-refractivity contribution in [3.63, 3.8) is 0 Å². The standard InChI is InChI=1S/C12H17NO2.HI/c1-2-3-4-5-8-13-9-6-7-11(10-13)12(14)15;/h6-7,9-10H,2-5,8H2,1H3;1H. The van der Waals surface area contributed by atoms with Crippen LogP contribution >= 0.6 is 0 Å². The number of pyridine rings is 1. The highest BCUT2D eigenvalue weighted by Gasteiger charge is 2.07. The molecule has 4 heteroatoms. The van der Waals surface area contributed by atoms with Gasteiger partial charge < -0.3 is 29.1 Å². The molecule has 16 heavy (non-hydrogen) atoms. The van der Waals surface area contributed by atoms with Gasteiger partial charge in [0.15, 0.2) is 12.4 Å². The first-order valence-corrected chi connectivity index (χ1v) is 5.46. The quantitative estimate of drug-likeness (QED) is 0.423. The lowest BCUT2D eigenvalue weighted by Crippen LogP contribution is -3.00. The summed E-state index contributed by atoms with van der Waals surface area (Å²) in [5.41, 5.74) is 0.355. The zero-order chi connectivity index (χ0) is 11.1. The number of aryl methyl sites for hydroxylation is 1. The van der Waals surface area contributed by atoms with E-state index < -0.39 is 5.97 Å². The van der Waals surface area contributed by atoms with E-state index in [1.165, 1.54) is 19.3 Å². The Morgan fingerprint density at radius 1 is 1.38 bits per heavy atom. The lowest BCUT2D eigenvalue weighted by Gasteiger charge is -1.98. The molecule has 0 saturated heterocycles. The monoisotopic (exact) mass is 335 g/mol. The summed E-state index contributed by atoms with van der Waals surface area (Å²) < 4.78 is 1.94. The van der Waals surface area contributed by atoms with Crippen LogP contribution in [0.25, 0.3) is 0 Å². The molecule has 1 N–H and O–H groups in total. The van der Waals surface area contributed by atoms with Crippen molar-refractivity contribution in [3.05, 3.63) is 30.1 Å². The molecule has 0 atom stereocenters. The maximum Gasteiger partial charge on any atom is 0.341 e. The van der Waals surface area contributed by atoms with E-state index in [9.17, 15) is 4.79 Å². The van der Waals surface area contributed by atoms with E-state index in [2.05, 4.69) is 6.92 Å². The van der Waals surface area contributed by atoms with Crippen molar-refractivity contribution in [1.29, 1.82) is 0 Å². The number of carboxylic acids is 1. The first-order chi connectivity index (χ1) is 7.24. The summed E-state index contributed by atoms with van der Waals surface area (Å²) in [5.74, 6) is -0.863. The van der Waals surface area contributed by atoms with Crippen molar-refractivity contribution in [1.82, 2.24) is 0 Å². The van der Waals surface area contributed by atoms with E-state index >= 15 is 0 Å². The molecule has 1 aromatic rings. The Bertz CT molecular complexity index is 329. The first-order valence-electron chi connectivity index (χ1n) is 5.46. The summed E-state index contributed by atoms with van der Waals surface area (Å²) in [5, 5.41) is 8.81. The van der Waals surface area contributed by atoms with Crippen LogP contribution in [0.15, 0.2) is 24.5 Å². The van der Waals surface area contributed by atoms with Gasteiger partial charge in [-0.3, -0.25) is 0 Å². The number of halogens is 1. The van der Waals surface area contributed by atoms with E-state index in [0.29, 0.717) is 5.56 Å². The third kappa shape index (κ3) is 5.44. The summed E-state index contributed by atoms with van der Waals surface area (Å²) in [6.45, 7) is 3.08. The average molecular weight is 335 g/mol. The Hall–Kier alpha value is -0.650. The number of hydrogen-bond donors (Lipinski definition) is 1. The summed E-state index contributed by atoms with van der Waals surface area (Å²) >= 11 is 0. The van der Waals surface area contributed by atoms with Gasteiger partial charge in [0.05, 0.1) is 0 Å². The molecule has 0 radical (unpaired) electrons. The van der Waals surface area contributed by atoms with Crippen LogP contribution in [0.3, 0.4) is 0 Å². The molecule has 0 bridgehead atoms. The van der Waals surface area contributed by atoms with Gasteiger partial charge in [-0.05, 0) is 12.5 Å². The lowest BCUT2D eigenvalue weighted by atomic mass is 10.2. The highest BCUT2D eigenvalue weighted by atomic mass is 127. The van der Waals surface area contributed by atoms with Gasteiger partial charge >= 0.3 is 5.97 Å². The van der Waals surface area contributed by atoms with Gasteiger partial charge in [-0.1, -0.05) is 19.8 Å². The average Bonchev–Trinajstić information content (AvgIpc) is 2.25. The molecule has 0 amide bonds. The summed E-state index contributed by atoms with van der Waals surface area (Å²) in [6, 6.07) is 3.40. The number of hydrogen-bond acceptors (Lipinski definition) is 1. The molecule has 90 valence electrons. The number of unbranched alkanes of at least 4 members (excludes halogenated alkanes) is 3. The highest BCUT2D eigenvalue weighted by molar-refractivity contribution is 5.86. The number of aromatic carboxylic acids is 1. The molecule has 1 heterocycles. The molecule has 3 nitrogen and oxygen atoms in total. The molecule has 0 saturated carbocycles. The van der Waals surface area contributed by atoms with Crippen LogP contribution in [-0.2, 0) is 6.54 Å². The minimum Gasteiger partial charge on any atom is -1.00 e. The molecule has 0 spiro atoms. The second-order valence-corrected chi connectivity index (χ2v) is 3.70. The molecule has 1 aromatic heterocycles. The van der Waals surface area contributed by atoms with Crippen LogP contribution in [-0.4, -0.2) is 11.1 Å². The van der Waals surface area contributed by atoms with Crippen LogP contribution < -0.4 is 28.5 Å². The van der Waals surface area contributed by atoms with Crippen molar-refractivity contribution in [2.45, 2.75) is 39.2 Å². The zero-order valence-corrected chi connectivity index (χ0v) is 11.7. The SMILES string of the molecule is CCCCCC[n+]1cccc(C(=O)O)c1.[I-]. The molecular weight excluding hydrogens is 317 g/mol. The van der Waals surface area contributed by atoms with Crippen molar-refractivity contribution in [2.75, 3.05) is 0 Å². The summed E-state index contributed by atoms with van der Waals surface area (Å²) in [4.78, 5) is 10.7. The third-order valence-corrected chi connectivity index (χ3v) is 2.38. The van der Waals surface area contributed by atoms with Crippen LogP contribution in [0.4, 0.5) is 0 Å². The summed E-state index contributed by atoms with van der Waals surface area (Å²) in [7, 11) is 0. The number of carbonyl (C=O) groups is 1. The number of aromatic nitrogens is 1. The van der Waals surface area contributed by atoms with Crippen molar-refractivity contribution < 1.29 is 38.4 Å². The number of carboxylic acid groups (broad SMARTS) is 1. The van der Waals surface area contributed by atoms with Gasteiger partial charge in [0.2, 0.25) is 0 Å². The molecule has 0 aliphatic carbocycles. The largest absolute Gasteiger partial charge is 1.00 e. The van der Waals surface area contributed by atoms with Gasteiger partial charge in [0.1, 0.15) is 12.1 Å². The lowest BCUT2D eigenvalue weighted by molar-refractivity contribution is -0.697. The van der Waals surface area contributed by atoms with Gasteiger partial charge in [0, 0.05) is 12.5 Å². The van der Waals surface area contributed by atoms with Gasteiger partial charge in [0.25, 0.3) is 0 Å². The smallest absolute Gasteiger partial charge is 0.341 e. The minimum absolute atomic E-state index is 0. The fourth-order valence-corrected chi connectivity index (χ4v) is 1.51. The van der Waals surface area contributed by atoms with Gasteiger partial charge in [-0.2, -0.15) is 0 Å². The van der Waals surface area contributed by atoms with Crippen molar-refractivity contribution in [3.8, 4) is 0 Å². The molecular formula is C12H18INO2. The number of nitrogens with zero attached hydrogens (tertiary/aromatic N) is 1. The minimum atomic E-state index is -0.863. The van der Waals surface area contributed by atoms with Crippen molar-refractivity contribution >= 4 is 5.97 Å². The van der Waals surface area contributed by atoms with Crippen LogP contribution in [0, 0.1) is 0 Å². The summed E-state index contributed by atoms with van der Waals surface area (Å²) in [6.07, 6.45) is 8.40. The molecule has 0 aliphatic heterocycles. The van der Waals surface area contributed by atoms with E-state index in [4.69, 9.17) is 5.11 Å². The Balaban J connectivity index is 0.00000225. The predicted octanol–water partition coefficient (Wildman–Crippen LogP) is -0.743. The second-order valence-electron chi connectivity index (χ2n) is 3.70. The second kappa shape index (κ2) is 8.50. The van der Waals surface area contributed by atoms with Crippen molar-refractivity contribution in [2.24, 2.45) is 0 Å². The van der Waals surface area contributed by atoms with E-state index in [1.54, 1.807) is 18.3 Å². The Kier molecular flexibility index (Phi) is 8.15. The van der Waals surface area contributed by atoms with Gasteiger partial charge in [-0.15, -0.1) is 0 Å². The Labute approximate surface area is 114 Å². The zero-order valence-electron chi connectivity index (χ0n) is 9.53. The topological polar surface area (TPSA) is 41.2 Å². The molecule has 1 rings (SSSR count). The highest BCUT2D eigenvalue weighted by Crippen LogP contribution is 1.99. The maximum absolute atomic E-state index is 10.7. The fourth-order valence-electron chi connectivity index (χ4n) is 1.51. The Morgan fingerprint density at radius 2 is 2.12 bits per heavy atom. The predicted molar refractivity (Wildman–Crippen MR) is 57.7 cm³/mol. The fraction of sp³-hybridized carbons (Fsp3) is 0.500. The normalized spacial score (nSPS) is 9.56. The molecule has 0 unspecified atom stereocenters. The molecule has 0 fully saturated rings. The first kappa shape index (κ1) is 15.3. The van der Waals surface area contributed by atoms with Gasteiger partial charge in [-0.25, -0.2) is 9.36 Å². The Morgan fingerprint density at radius 3 is 2.75 bits per heavy atom. The van der Waals surface area contributed by atoms with Crippen LogP contribution in [0.1, 0.15) is 43.0 Å². The molecule has 0 aromatic carbocycles. The van der Waals surface area contributed by atoms with Crippen LogP contribution in [0.5, 0.6) is 0 Å². The number of rotatable bonds is 6. The third-order valence-electron chi connectivity index (χ3n) is 2.38. The molecule has 0 aliphatic rings. The maximum atomic E-state index is 10.7. The van der Waals surface area contributed by atoms with E-state index in [-0.39, 0.29) is 24.0 Å².